The molecule has 0 aliphatic heterocycles. The average molecular weight is 270 g/mol. The van der Waals surface area contributed by atoms with Crippen molar-refractivity contribution in [1.29, 1.82) is 0 Å². The van der Waals surface area contributed by atoms with Crippen LogP contribution in [0.5, 0.6) is 0 Å². The van der Waals surface area contributed by atoms with Gasteiger partial charge in [0.05, 0.1) is 6.61 Å². The average Bonchev–Trinajstić information content (AvgIpc) is 2.33. The van der Waals surface area contributed by atoms with E-state index in [1.54, 1.807) is 0 Å². The molecular formula is C15H24ClNO. The second-order valence-electron chi connectivity index (χ2n) is 4.95. The summed E-state index contributed by atoms with van der Waals surface area (Å²) in [5.74, 6) is 0.540. The van der Waals surface area contributed by atoms with Gasteiger partial charge in [-0.2, -0.15) is 0 Å². The zero-order chi connectivity index (χ0) is 13.5. The van der Waals surface area contributed by atoms with Gasteiger partial charge in [0.2, 0.25) is 0 Å². The van der Waals surface area contributed by atoms with E-state index in [0.717, 1.165) is 18.2 Å². The Hall–Kier alpha value is -0.570. The fourth-order valence-electron chi connectivity index (χ4n) is 1.87. The lowest BCUT2D eigenvalue weighted by atomic mass is 10.0. The Morgan fingerprint density at radius 2 is 2.00 bits per heavy atom. The maximum Gasteiger partial charge on any atom is 0.0622 e. The van der Waals surface area contributed by atoms with Crippen molar-refractivity contribution in [2.75, 3.05) is 13.2 Å². The summed E-state index contributed by atoms with van der Waals surface area (Å²) in [6.07, 6.45) is 0. The largest absolute Gasteiger partial charge is 0.380 e. The minimum Gasteiger partial charge on any atom is -0.380 e. The maximum atomic E-state index is 6.02. The summed E-state index contributed by atoms with van der Waals surface area (Å²) in [6.45, 7) is 10.1. The van der Waals surface area contributed by atoms with Crippen LogP contribution < -0.4 is 5.32 Å². The highest BCUT2D eigenvalue weighted by Gasteiger charge is 2.16. The minimum absolute atomic E-state index is 0.275. The maximum absolute atomic E-state index is 6.02. The highest BCUT2D eigenvalue weighted by molar-refractivity contribution is 6.30. The summed E-state index contributed by atoms with van der Waals surface area (Å²) in [5, 5.41) is 4.40. The molecule has 18 heavy (non-hydrogen) atoms. The lowest BCUT2D eigenvalue weighted by Gasteiger charge is -2.26. The van der Waals surface area contributed by atoms with Crippen LogP contribution in [-0.4, -0.2) is 19.3 Å². The van der Waals surface area contributed by atoms with Crippen LogP contribution in [0.15, 0.2) is 24.3 Å². The SMILES string of the molecule is CCOCC(NC(C)c1cccc(Cl)c1)C(C)C. The smallest absolute Gasteiger partial charge is 0.0622 e. The fourth-order valence-corrected chi connectivity index (χ4v) is 2.07. The summed E-state index contributed by atoms with van der Waals surface area (Å²) >= 11 is 6.02. The second kappa shape index (κ2) is 7.78. The highest BCUT2D eigenvalue weighted by Crippen LogP contribution is 2.19. The molecule has 1 rings (SSSR count). The molecule has 1 aromatic rings. The molecule has 102 valence electrons. The first-order valence-corrected chi connectivity index (χ1v) is 7.01. The number of hydrogen-bond donors (Lipinski definition) is 1. The molecule has 0 aromatic heterocycles. The number of nitrogens with one attached hydrogen (secondary N) is 1. The predicted molar refractivity (Wildman–Crippen MR) is 78.1 cm³/mol. The summed E-state index contributed by atoms with van der Waals surface area (Å²) in [5.41, 5.74) is 1.21. The molecule has 0 aliphatic carbocycles. The summed E-state index contributed by atoms with van der Waals surface area (Å²) < 4.78 is 5.53. The van der Waals surface area contributed by atoms with Crippen LogP contribution in [-0.2, 0) is 4.74 Å². The quantitative estimate of drug-likeness (QED) is 0.806. The zero-order valence-corrected chi connectivity index (χ0v) is 12.5. The van der Waals surface area contributed by atoms with Crippen LogP contribution in [0.3, 0.4) is 0 Å². The van der Waals surface area contributed by atoms with Crippen molar-refractivity contribution >= 4 is 11.6 Å². The van der Waals surface area contributed by atoms with Crippen molar-refractivity contribution in [3.05, 3.63) is 34.9 Å². The molecule has 0 saturated carbocycles. The van der Waals surface area contributed by atoms with E-state index in [1.807, 2.05) is 25.1 Å². The van der Waals surface area contributed by atoms with E-state index < -0.39 is 0 Å². The van der Waals surface area contributed by atoms with Crippen molar-refractivity contribution in [2.24, 2.45) is 5.92 Å². The van der Waals surface area contributed by atoms with Gasteiger partial charge in [-0.25, -0.2) is 0 Å². The van der Waals surface area contributed by atoms with Crippen molar-refractivity contribution in [3.63, 3.8) is 0 Å². The Morgan fingerprint density at radius 3 is 2.56 bits per heavy atom. The molecule has 2 unspecified atom stereocenters. The van der Waals surface area contributed by atoms with E-state index in [2.05, 4.69) is 32.2 Å². The van der Waals surface area contributed by atoms with Crippen LogP contribution in [0.1, 0.15) is 39.3 Å². The van der Waals surface area contributed by atoms with Gasteiger partial charge in [-0.1, -0.05) is 37.6 Å². The van der Waals surface area contributed by atoms with Gasteiger partial charge in [0, 0.05) is 23.7 Å². The van der Waals surface area contributed by atoms with Gasteiger partial charge < -0.3 is 10.1 Å². The Bertz CT molecular complexity index is 354. The lowest BCUT2D eigenvalue weighted by molar-refractivity contribution is 0.104. The van der Waals surface area contributed by atoms with Crippen molar-refractivity contribution in [1.82, 2.24) is 5.32 Å². The van der Waals surface area contributed by atoms with Crippen LogP contribution >= 0.6 is 11.6 Å². The third-order valence-electron chi connectivity index (χ3n) is 3.12. The van der Waals surface area contributed by atoms with Gasteiger partial charge >= 0.3 is 0 Å². The topological polar surface area (TPSA) is 21.3 Å². The number of hydrogen-bond acceptors (Lipinski definition) is 2. The molecule has 0 spiro atoms. The van der Waals surface area contributed by atoms with Gasteiger partial charge in [0.25, 0.3) is 0 Å². The summed E-state index contributed by atoms with van der Waals surface area (Å²) in [4.78, 5) is 0. The van der Waals surface area contributed by atoms with E-state index >= 15 is 0 Å². The van der Waals surface area contributed by atoms with Gasteiger partial charge in [0.1, 0.15) is 0 Å². The number of ether oxygens (including phenoxy) is 1. The van der Waals surface area contributed by atoms with Crippen LogP contribution in [0.2, 0.25) is 5.02 Å². The first-order valence-electron chi connectivity index (χ1n) is 6.63. The molecule has 0 bridgehead atoms. The Kier molecular flexibility index (Phi) is 6.69. The van der Waals surface area contributed by atoms with Gasteiger partial charge in [-0.3, -0.25) is 0 Å². The molecule has 2 nitrogen and oxygen atoms in total. The Balaban J connectivity index is 2.63. The standard InChI is InChI=1S/C15H24ClNO/c1-5-18-10-15(11(2)3)17-12(4)13-7-6-8-14(16)9-13/h6-9,11-12,15,17H,5,10H2,1-4H3. The molecule has 0 fully saturated rings. The van der Waals surface area contributed by atoms with Crippen molar-refractivity contribution < 1.29 is 4.74 Å². The van der Waals surface area contributed by atoms with Crippen LogP contribution in [0.25, 0.3) is 0 Å². The highest BCUT2D eigenvalue weighted by atomic mass is 35.5. The zero-order valence-electron chi connectivity index (χ0n) is 11.7. The van der Waals surface area contributed by atoms with E-state index in [9.17, 15) is 0 Å². The normalized spacial score (nSPS) is 14.8. The number of halogens is 1. The fraction of sp³-hybridized carbons (Fsp3) is 0.600. The number of rotatable bonds is 7. The first kappa shape index (κ1) is 15.5. The van der Waals surface area contributed by atoms with Crippen molar-refractivity contribution in [3.8, 4) is 0 Å². The Labute approximate surface area is 116 Å². The number of benzene rings is 1. The Morgan fingerprint density at radius 1 is 1.28 bits per heavy atom. The second-order valence-corrected chi connectivity index (χ2v) is 5.39. The molecule has 0 saturated heterocycles. The van der Waals surface area contributed by atoms with E-state index in [1.165, 1.54) is 5.56 Å². The monoisotopic (exact) mass is 269 g/mol. The van der Waals surface area contributed by atoms with Crippen LogP contribution in [0.4, 0.5) is 0 Å². The minimum atomic E-state index is 0.275. The molecule has 1 aromatic carbocycles. The van der Waals surface area contributed by atoms with E-state index in [0.29, 0.717) is 12.0 Å². The molecule has 3 heteroatoms. The lowest BCUT2D eigenvalue weighted by Crippen LogP contribution is -2.39. The van der Waals surface area contributed by atoms with Crippen molar-refractivity contribution in [2.45, 2.75) is 39.8 Å². The summed E-state index contributed by atoms with van der Waals surface area (Å²) in [7, 11) is 0. The van der Waals surface area contributed by atoms with E-state index in [4.69, 9.17) is 16.3 Å². The first-order chi connectivity index (χ1) is 8.54. The summed E-state index contributed by atoms with van der Waals surface area (Å²) in [6, 6.07) is 8.63. The van der Waals surface area contributed by atoms with Gasteiger partial charge in [-0.05, 0) is 37.5 Å². The van der Waals surface area contributed by atoms with Gasteiger partial charge in [-0.15, -0.1) is 0 Å². The molecule has 0 amide bonds. The third kappa shape index (κ3) is 4.97. The van der Waals surface area contributed by atoms with Gasteiger partial charge in [0.15, 0.2) is 0 Å². The predicted octanol–water partition coefficient (Wildman–Crippen LogP) is 4.05. The molecule has 2 atom stereocenters. The molecule has 1 N–H and O–H groups in total. The molecule has 0 heterocycles. The molecule has 0 aliphatic rings. The third-order valence-corrected chi connectivity index (χ3v) is 3.35. The molecular weight excluding hydrogens is 246 g/mol. The van der Waals surface area contributed by atoms with Crippen LogP contribution in [0, 0.1) is 5.92 Å². The van der Waals surface area contributed by atoms with E-state index in [-0.39, 0.29) is 6.04 Å². The molecule has 0 radical (unpaired) electrons.